The van der Waals surface area contributed by atoms with E-state index in [0.29, 0.717) is 11.1 Å². The minimum Gasteiger partial charge on any atom is -0.454 e. The van der Waals surface area contributed by atoms with E-state index in [1.807, 2.05) is 31.3 Å². The number of rotatable bonds is 4. The van der Waals surface area contributed by atoms with Gasteiger partial charge < -0.3 is 4.42 Å². The molecular formula is C38H29FNO+. The zero-order valence-electron chi connectivity index (χ0n) is 23.3. The lowest BCUT2D eigenvalue weighted by atomic mass is 9.96. The fraction of sp³-hybridized carbons (Fsp3) is 0.0789. The second-order valence-electron chi connectivity index (χ2n) is 10.8. The minimum atomic E-state index is -0.297. The zero-order chi connectivity index (χ0) is 28.1. The first-order valence-electron chi connectivity index (χ1n) is 13.9. The van der Waals surface area contributed by atoms with Crippen molar-refractivity contribution in [3.05, 3.63) is 138 Å². The highest BCUT2D eigenvalue weighted by Crippen LogP contribution is 2.42. The van der Waals surface area contributed by atoms with Crippen molar-refractivity contribution < 1.29 is 13.4 Å². The van der Waals surface area contributed by atoms with Crippen molar-refractivity contribution in [1.82, 2.24) is 0 Å². The average molecular weight is 535 g/mol. The maximum atomic E-state index is 15.6. The SMILES string of the molecule is Cc1cc[n+](C)c(-c2c(C)ccc3c2oc2c(-c4ccc(-c5cccc(-c6ccccc6)c5)cc4)c(F)ccc23)c1. The normalized spacial score (nSPS) is 11.4. The first-order chi connectivity index (χ1) is 20.0. The molecule has 0 saturated heterocycles. The summed E-state index contributed by atoms with van der Waals surface area (Å²) in [6.07, 6.45) is 2.06. The van der Waals surface area contributed by atoms with E-state index in [0.717, 1.165) is 49.9 Å². The van der Waals surface area contributed by atoms with Gasteiger partial charge >= 0.3 is 0 Å². The number of fused-ring (bicyclic) bond motifs is 3. The first kappa shape index (κ1) is 25.0. The number of hydrogen-bond donors (Lipinski definition) is 0. The van der Waals surface area contributed by atoms with Gasteiger partial charge in [0.2, 0.25) is 5.69 Å². The Labute approximate surface area is 239 Å². The van der Waals surface area contributed by atoms with Gasteiger partial charge in [-0.15, -0.1) is 0 Å². The summed E-state index contributed by atoms with van der Waals surface area (Å²) in [6.45, 7) is 4.18. The maximum Gasteiger partial charge on any atom is 0.216 e. The summed E-state index contributed by atoms with van der Waals surface area (Å²) < 4.78 is 24.3. The summed E-state index contributed by atoms with van der Waals surface area (Å²) in [6, 6.07) is 38.8. The molecule has 0 spiro atoms. The highest BCUT2D eigenvalue weighted by Gasteiger charge is 2.23. The molecule has 0 aliphatic heterocycles. The molecule has 0 aliphatic rings. The highest BCUT2D eigenvalue weighted by atomic mass is 19.1. The molecule has 2 nitrogen and oxygen atoms in total. The molecule has 0 atom stereocenters. The van der Waals surface area contributed by atoms with Crippen LogP contribution in [0.5, 0.6) is 0 Å². The Morgan fingerprint density at radius 2 is 1.17 bits per heavy atom. The maximum absolute atomic E-state index is 15.6. The summed E-state index contributed by atoms with van der Waals surface area (Å²) in [5.74, 6) is -0.297. The Balaban J connectivity index is 1.36. The standard InChI is InChI=1S/C38H29FNO/c1-24-20-21-40(3)34(22-24)35-25(2)12-17-31-32-18-19-33(39)36(38(32)41-37(31)35)28-15-13-27(14-16-28)30-11-7-10-29(23-30)26-8-5-4-6-9-26/h4-23H,1-3H3/q+1. The van der Waals surface area contributed by atoms with Crippen LogP contribution in [-0.4, -0.2) is 0 Å². The molecule has 0 bridgehead atoms. The van der Waals surface area contributed by atoms with Crippen LogP contribution in [0.25, 0.3) is 66.6 Å². The topological polar surface area (TPSA) is 17.0 Å². The quantitative estimate of drug-likeness (QED) is 0.205. The van der Waals surface area contributed by atoms with Crippen LogP contribution in [0.1, 0.15) is 11.1 Å². The van der Waals surface area contributed by atoms with Crippen molar-refractivity contribution in [3.63, 3.8) is 0 Å². The Morgan fingerprint density at radius 1 is 0.561 bits per heavy atom. The number of aromatic nitrogens is 1. The Morgan fingerprint density at radius 3 is 1.90 bits per heavy atom. The monoisotopic (exact) mass is 534 g/mol. The van der Waals surface area contributed by atoms with E-state index >= 15 is 4.39 Å². The van der Waals surface area contributed by atoms with Crippen LogP contribution in [-0.2, 0) is 7.05 Å². The first-order valence-corrected chi connectivity index (χ1v) is 13.9. The van der Waals surface area contributed by atoms with Crippen LogP contribution < -0.4 is 4.57 Å². The van der Waals surface area contributed by atoms with Gasteiger partial charge in [-0.2, -0.15) is 0 Å². The molecular weight excluding hydrogens is 505 g/mol. The zero-order valence-corrected chi connectivity index (χ0v) is 23.3. The van der Waals surface area contributed by atoms with Gasteiger partial charge in [-0.25, -0.2) is 8.96 Å². The van der Waals surface area contributed by atoms with Crippen molar-refractivity contribution in [2.45, 2.75) is 13.8 Å². The summed E-state index contributed by atoms with van der Waals surface area (Å²) in [5.41, 5.74) is 11.5. The van der Waals surface area contributed by atoms with E-state index < -0.39 is 0 Å². The minimum absolute atomic E-state index is 0.297. The molecule has 0 amide bonds. The van der Waals surface area contributed by atoms with Crippen molar-refractivity contribution in [2.75, 3.05) is 0 Å². The van der Waals surface area contributed by atoms with Gasteiger partial charge in [0.15, 0.2) is 6.20 Å². The fourth-order valence-electron chi connectivity index (χ4n) is 5.83. The molecule has 3 heteroatoms. The lowest BCUT2D eigenvalue weighted by Gasteiger charge is -2.09. The average Bonchev–Trinajstić information content (AvgIpc) is 3.37. The van der Waals surface area contributed by atoms with Gasteiger partial charge in [-0.3, -0.25) is 0 Å². The van der Waals surface area contributed by atoms with Crippen molar-refractivity contribution in [3.8, 4) is 44.6 Å². The van der Waals surface area contributed by atoms with E-state index in [1.165, 1.54) is 16.7 Å². The van der Waals surface area contributed by atoms with Gasteiger partial charge in [-0.05, 0) is 71.0 Å². The molecule has 41 heavy (non-hydrogen) atoms. The largest absolute Gasteiger partial charge is 0.454 e. The number of hydrogen-bond acceptors (Lipinski definition) is 1. The Hall–Kier alpha value is -5.02. The molecule has 7 rings (SSSR count). The molecule has 2 aromatic heterocycles. The molecule has 0 fully saturated rings. The van der Waals surface area contributed by atoms with E-state index in [4.69, 9.17) is 4.42 Å². The Kier molecular flexibility index (Phi) is 6.01. The molecule has 7 aromatic rings. The molecule has 0 N–H and O–H groups in total. The lowest BCUT2D eigenvalue weighted by Crippen LogP contribution is -2.30. The third kappa shape index (κ3) is 4.31. The predicted molar refractivity (Wildman–Crippen MR) is 166 cm³/mol. The molecule has 0 radical (unpaired) electrons. The van der Waals surface area contributed by atoms with Crippen LogP contribution in [0.3, 0.4) is 0 Å². The van der Waals surface area contributed by atoms with Crippen molar-refractivity contribution in [1.29, 1.82) is 0 Å². The highest BCUT2D eigenvalue weighted by molar-refractivity contribution is 6.13. The van der Waals surface area contributed by atoms with E-state index in [2.05, 4.69) is 110 Å². The van der Waals surface area contributed by atoms with E-state index in [9.17, 15) is 0 Å². The number of halogens is 1. The smallest absolute Gasteiger partial charge is 0.216 e. The van der Waals surface area contributed by atoms with Crippen LogP contribution in [0.15, 0.2) is 126 Å². The number of benzene rings is 5. The summed E-state index contributed by atoms with van der Waals surface area (Å²) >= 11 is 0. The fourth-order valence-corrected chi connectivity index (χ4v) is 5.83. The Bertz CT molecular complexity index is 2070. The third-order valence-electron chi connectivity index (χ3n) is 8.01. The molecule has 0 saturated carbocycles. The van der Waals surface area contributed by atoms with Gasteiger partial charge in [0.25, 0.3) is 0 Å². The van der Waals surface area contributed by atoms with E-state index in [1.54, 1.807) is 6.07 Å². The molecule has 2 heterocycles. The predicted octanol–water partition coefficient (Wildman–Crippen LogP) is 9.83. The lowest BCUT2D eigenvalue weighted by molar-refractivity contribution is -0.660. The van der Waals surface area contributed by atoms with Crippen LogP contribution >= 0.6 is 0 Å². The van der Waals surface area contributed by atoms with Gasteiger partial charge in [0.05, 0.1) is 11.1 Å². The summed E-state index contributed by atoms with van der Waals surface area (Å²) in [5, 5.41) is 1.89. The van der Waals surface area contributed by atoms with Crippen molar-refractivity contribution >= 4 is 21.9 Å². The second-order valence-corrected chi connectivity index (χ2v) is 10.8. The van der Waals surface area contributed by atoms with Gasteiger partial charge in [0.1, 0.15) is 24.0 Å². The van der Waals surface area contributed by atoms with E-state index in [-0.39, 0.29) is 5.82 Å². The molecule has 0 unspecified atom stereocenters. The molecule has 0 aliphatic carbocycles. The van der Waals surface area contributed by atoms with Crippen molar-refractivity contribution in [2.24, 2.45) is 7.05 Å². The number of pyridine rings is 1. The molecule has 198 valence electrons. The van der Waals surface area contributed by atoms with Crippen LogP contribution in [0.2, 0.25) is 0 Å². The van der Waals surface area contributed by atoms with Gasteiger partial charge in [-0.1, -0.05) is 84.9 Å². The number of furan rings is 1. The second kappa shape index (κ2) is 9.87. The summed E-state index contributed by atoms with van der Waals surface area (Å²) in [7, 11) is 2.04. The summed E-state index contributed by atoms with van der Waals surface area (Å²) in [4.78, 5) is 0. The van der Waals surface area contributed by atoms with Crippen LogP contribution in [0.4, 0.5) is 4.39 Å². The molecule has 5 aromatic carbocycles. The number of nitrogens with zero attached hydrogens (tertiary/aromatic N) is 1. The van der Waals surface area contributed by atoms with Crippen LogP contribution in [0, 0.1) is 19.7 Å². The third-order valence-corrected chi connectivity index (χ3v) is 8.01. The number of aryl methyl sites for hydroxylation is 3. The van der Waals surface area contributed by atoms with Gasteiger partial charge in [0, 0.05) is 22.9 Å².